The SMILES string of the molecule is NCCCC1CCC(c2ccc(F)cc2F)CC1. The highest BCUT2D eigenvalue weighted by atomic mass is 19.1. The van der Waals surface area contributed by atoms with Crippen molar-refractivity contribution in [2.45, 2.75) is 44.4 Å². The first-order valence-corrected chi connectivity index (χ1v) is 6.85. The Morgan fingerprint density at radius 3 is 2.44 bits per heavy atom. The molecule has 1 fully saturated rings. The van der Waals surface area contributed by atoms with Crippen molar-refractivity contribution >= 4 is 0 Å². The molecule has 0 aromatic heterocycles. The highest BCUT2D eigenvalue weighted by Crippen LogP contribution is 2.38. The Bertz CT molecular complexity index is 384. The summed E-state index contributed by atoms with van der Waals surface area (Å²) in [6.45, 7) is 0.756. The summed E-state index contributed by atoms with van der Waals surface area (Å²) in [4.78, 5) is 0. The third kappa shape index (κ3) is 3.29. The maximum atomic E-state index is 13.7. The molecule has 18 heavy (non-hydrogen) atoms. The molecule has 0 radical (unpaired) electrons. The average molecular weight is 253 g/mol. The molecule has 0 heterocycles. The fourth-order valence-corrected chi connectivity index (χ4v) is 3.00. The van der Waals surface area contributed by atoms with Gasteiger partial charge in [-0.2, -0.15) is 0 Å². The van der Waals surface area contributed by atoms with Crippen LogP contribution in [0.1, 0.15) is 50.0 Å². The van der Waals surface area contributed by atoms with Crippen molar-refractivity contribution in [1.82, 2.24) is 0 Å². The van der Waals surface area contributed by atoms with Gasteiger partial charge in [-0.15, -0.1) is 0 Å². The fraction of sp³-hybridized carbons (Fsp3) is 0.600. The number of rotatable bonds is 4. The molecule has 1 aromatic carbocycles. The van der Waals surface area contributed by atoms with Gasteiger partial charge in [-0.25, -0.2) is 8.78 Å². The van der Waals surface area contributed by atoms with Crippen LogP contribution < -0.4 is 5.73 Å². The molecule has 0 saturated heterocycles. The van der Waals surface area contributed by atoms with Crippen molar-refractivity contribution in [3.8, 4) is 0 Å². The lowest BCUT2D eigenvalue weighted by Crippen LogP contribution is -2.15. The summed E-state index contributed by atoms with van der Waals surface area (Å²) in [5.74, 6) is 0.126. The Hall–Kier alpha value is -0.960. The lowest BCUT2D eigenvalue weighted by molar-refractivity contribution is 0.302. The first kappa shape index (κ1) is 13.5. The van der Waals surface area contributed by atoms with Crippen molar-refractivity contribution < 1.29 is 8.78 Å². The second-order valence-corrected chi connectivity index (χ2v) is 5.31. The van der Waals surface area contributed by atoms with Gasteiger partial charge in [-0.05, 0) is 68.5 Å². The van der Waals surface area contributed by atoms with Gasteiger partial charge in [0.25, 0.3) is 0 Å². The van der Waals surface area contributed by atoms with E-state index in [1.165, 1.54) is 12.5 Å². The zero-order chi connectivity index (χ0) is 13.0. The molecular formula is C15H21F2N. The maximum Gasteiger partial charge on any atom is 0.129 e. The molecule has 1 aliphatic rings. The second-order valence-electron chi connectivity index (χ2n) is 5.31. The van der Waals surface area contributed by atoms with Crippen LogP contribution in [0, 0.1) is 17.6 Å². The number of hydrogen-bond acceptors (Lipinski definition) is 1. The molecule has 0 amide bonds. The molecule has 0 spiro atoms. The van der Waals surface area contributed by atoms with Gasteiger partial charge in [0.2, 0.25) is 0 Å². The Labute approximate surface area is 107 Å². The quantitative estimate of drug-likeness (QED) is 0.863. The summed E-state index contributed by atoms with van der Waals surface area (Å²) in [5.41, 5.74) is 6.20. The first-order valence-electron chi connectivity index (χ1n) is 6.85. The van der Waals surface area contributed by atoms with Crippen LogP contribution in [-0.4, -0.2) is 6.54 Å². The predicted octanol–water partition coefficient (Wildman–Crippen LogP) is 3.98. The number of hydrogen-bond donors (Lipinski definition) is 1. The minimum absolute atomic E-state index is 0.264. The highest BCUT2D eigenvalue weighted by Gasteiger charge is 2.24. The van der Waals surface area contributed by atoms with Crippen molar-refractivity contribution in [2.75, 3.05) is 6.54 Å². The van der Waals surface area contributed by atoms with Crippen LogP contribution in [0.2, 0.25) is 0 Å². The van der Waals surface area contributed by atoms with Gasteiger partial charge in [0.1, 0.15) is 11.6 Å². The van der Waals surface area contributed by atoms with Crippen molar-refractivity contribution in [1.29, 1.82) is 0 Å². The van der Waals surface area contributed by atoms with Crippen LogP contribution in [0.25, 0.3) is 0 Å². The largest absolute Gasteiger partial charge is 0.330 e. The fourth-order valence-electron chi connectivity index (χ4n) is 3.00. The third-order valence-corrected chi connectivity index (χ3v) is 4.07. The minimum atomic E-state index is -0.493. The van der Waals surface area contributed by atoms with E-state index in [9.17, 15) is 8.78 Å². The molecule has 1 nitrogen and oxygen atoms in total. The minimum Gasteiger partial charge on any atom is -0.330 e. The van der Waals surface area contributed by atoms with Gasteiger partial charge in [0, 0.05) is 6.07 Å². The zero-order valence-electron chi connectivity index (χ0n) is 10.7. The zero-order valence-corrected chi connectivity index (χ0v) is 10.7. The molecule has 1 aromatic rings. The Kier molecular flexibility index (Phi) is 4.70. The standard InChI is InChI=1S/C15H21F2N/c16-13-7-8-14(15(17)10-13)12-5-3-11(4-6-12)2-1-9-18/h7-8,10-12H,1-6,9,18H2. The normalized spacial score (nSPS) is 24.2. The van der Waals surface area contributed by atoms with E-state index in [-0.39, 0.29) is 11.7 Å². The number of benzene rings is 1. The van der Waals surface area contributed by atoms with Crippen molar-refractivity contribution in [2.24, 2.45) is 11.7 Å². The molecule has 3 heteroatoms. The van der Waals surface area contributed by atoms with Crippen LogP contribution in [0.5, 0.6) is 0 Å². The molecule has 2 N–H and O–H groups in total. The van der Waals surface area contributed by atoms with E-state index in [2.05, 4.69) is 0 Å². The van der Waals surface area contributed by atoms with Crippen LogP contribution in [0.3, 0.4) is 0 Å². The van der Waals surface area contributed by atoms with Gasteiger partial charge in [0.15, 0.2) is 0 Å². The molecule has 0 bridgehead atoms. The van der Waals surface area contributed by atoms with E-state index in [1.54, 1.807) is 6.07 Å². The summed E-state index contributed by atoms with van der Waals surface area (Å²) < 4.78 is 26.5. The van der Waals surface area contributed by atoms with Crippen molar-refractivity contribution in [3.05, 3.63) is 35.4 Å². The van der Waals surface area contributed by atoms with E-state index in [1.807, 2.05) is 0 Å². The topological polar surface area (TPSA) is 26.0 Å². The van der Waals surface area contributed by atoms with E-state index < -0.39 is 5.82 Å². The van der Waals surface area contributed by atoms with Gasteiger partial charge in [0.05, 0.1) is 0 Å². The maximum absolute atomic E-state index is 13.7. The van der Waals surface area contributed by atoms with Crippen LogP contribution in [0.15, 0.2) is 18.2 Å². The highest BCUT2D eigenvalue weighted by molar-refractivity contribution is 5.23. The summed E-state index contributed by atoms with van der Waals surface area (Å²) in [6.07, 6.45) is 6.58. The molecule has 100 valence electrons. The average Bonchev–Trinajstić information content (AvgIpc) is 2.37. The summed E-state index contributed by atoms with van der Waals surface area (Å²) >= 11 is 0. The Morgan fingerprint density at radius 2 is 1.83 bits per heavy atom. The van der Waals surface area contributed by atoms with Gasteiger partial charge < -0.3 is 5.73 Å². The molecule has 0 aliphatic heterocycles. The first-order chi connectivity index (χ1) is 8.70. The van der Waals surface area contributed by atoms with E-state index >= 15 is 0 Å². The van der Waals surface area contributed by atoms with Gasteiger partial charge in [-0.3, -0.25) is 0 Å². The van der Waals surface area contributed by atoms with Crippen molar-refractivity contribution in [3.63, 3.8) is 0 Å². The summed E-state index contributed by atoms with van der Waals surface area (Å²) in [5, 5.41) is 0. The third-order valence-electron chi connectivity index (χ3n) is 4.07. The summed E-state index contributed by atoms with van der Waals surface area (Å²) in [6, 6.07) is 3.96. The Morgan fingerprint density at radius 1 is 1.11 bits per heavy atom. The van der Waals surface area contributed by atoms with Crippen LogP contribution in [-0.2, 0) is 0 Å². The number of nitrogens with two attached hydrogens (primary N) is 1. The van der Waals surface area contributed by atoms with Gasteiger partial charge in [-0.1, -0.05) is 6.07 Å². The van der Waals surface area contributed by atoms with E-state index in [0.717, 1.165) is 50.6 Å². The number of halogens is 2. The molecule has 2 rings (SSSR count). The lowest BCUT2D eigenvalue weighted by atomic mass is 9.77. The molecule has 1 saturated carbocycles. The molecule has 0 unspecified atom stereocenters. The van der Waals surface area contributed by atoms with Crippen LogP contribution in [0.4, 0.5) is 8.78 Å². The lowest BCUT2D eigenvalue weighted by Gasteiger charge is -2.29. The molecular weight excluding hydrogens is 232 g/mol. The predicted molar refractivity (Wildman–Crippen MR) is 69.3 cm³/mol. The second kappa shape index (κ2) is 6.28. The summed E-state index contributed by atoms with van der Waals surface area (Å²) in [7, 11) is 0. The van der Waals surface area contributed by atoms with E-state index in [0.29, 0.717) is 5.56 Å². The monoisotopic (exact) mass is 253 g/mol. The molecule has 1 aliphatic carbocycles. The smallest absolute Gasteiger partial charge is 0.129 e. The van der Waals surface area contributed by atoms with Gasteiger partial charge >= 0.3 is 0 Å². The van der Waals surface area contributed by atoms with Crippen LogP contribution >= 0.6 is 0 Å². The van der Waals surface area contributed by atoms with E-state index in [4.69, 9.17) is 5.73 Å². The Balaban J connectivity index is 1.93. The molecule has 0 atom stereocenters.